The van der Waals surface area contributed by atoms with Crippen LogP contribution in [0.1, 0.15) is 25.7 Å². The van der Waals surface area contributed by atoms with E-state index >= 15 is 0 Å². The number of benzene rings is 1. The van der Waals surface area contributed by atoms with E-state index in [-0.39, 0.29) is 18.6 Å². The zero-order valence-corrected chi connectivity index (χ0v) is 12.5. The van der Waals surface area contributed by atoms with Crippen molar-refractivity contribution in [1.29, 1.82) is 0 Å². The van der Waals surface area contributed by atoms with Gasteiger partial charge in [-0.15, -0.1) is 0 Å². The molecule has 1 aromatic rings. The van der Waals surface area contributed by atoms with Crippen molar-refractivity contribution < 1.29 is 14.6 Å². The second kappa shape index (κ2) is 8.00. The topological polar surface area (TPSA) is 70.6 Å². The lowest BCUT2D eigenvalue weighted by atomic mass is 9.87. The highest BCUT2D eigenvalue weighted by Crippen LogP contribution is 2.23. The van der Waals surface area contributed by atoms with Crippen molar-refractivity contribution >= 4 is 11.6 Å². The predicted octanol–water partition coefficient (Wildman–Crippen LogP) is 1.77. The van der Waals surface area contributed by atoms with Gasteiger partial charge in [-0.1, -0.05) is 12.5 Å². The number of methoxy groups -OCH3 is 1. The Kier molecular flexibility index (Phi) is 6.02. The standard InChI is InChI=1S/C16H24N2O3/c1-21-15-7-3-5-13(9-15)18-16(20)11-17-10-12-4-2-6-14(19)8-12/h3,5,7,9,12,14,17,19H,2,4,6,8,10-11H2,1H3,(H,18,20). The van der Waals surface area contributed by atoms with Crippen LogP contribution < -0.4 is 15.4 Å². The molecule has 5 heteroatoms. The molecule has 0 radical (unpaired) electrons. The van der Waals surface area contributed by atoms with E-state index in [4.69, 9.17) is 4.74 Å². The fourth-order valence-corrected chi connectivity index (χ4v) is 2.74. The molecular weight excluding hydrogens is 268 g/mol. The van der Waals surface area contributed by atoms with Gasteiger partial charge in [-0.3, -0.25) is 4.79 Å². The summed E-state index contributed by atoms with van der Waals surface area (Å²) in [5.74, 6) is 1.12. The molecule has 3 N–H and O–H groups in total. The van der Waals surface area contributed by atoms with E-state index in [0.717, 1.165) is 43.7 Å². The van der Waals surface area contributed by atoms with E-state index in [2.05, 4.69) is 10.6 Å². The predicted molar refractivity (Wildman–Crippen MR) is 82.5 cm³/mol. The number of anilines is 1. The van der Waals surface area contributed by atoms with Gasteiger partial charge in [-0.2, -0.15) is 0 Å². The minimum absolute atomic E-state index is 0.0698. The van der Waals surface area contributed by atoms with Crippen LogP contribution in [0.4, 0.5) is 5.69 Å². The van der Waals surface area contributed by atoms with Crippen LogP contribution in [0.25, 0.3) is 0 Å². The molecular formula is C16H24N2O3. The molecule has 2 rings (SSSR count). The molecule has 1 fully saturated rings. The number of hydrogen-bond acceptors (Lipinski definition) is 4. The Bertz CT molecular complexity index is 465. The summed E-state index contributed by atoms with van der Waals surface area (Å²) >= 11 is 0. The molecule has 1 aliphatic rings. The molecule has 0 saturated heterocycles. The Morgan fingerprint density at radius 2 is 2.29 bits per heavy atom. The van der Waals surface area contributed by atoms with Crippen LogP contribution in [0.5, 0.6) is 5.75 Å². The van der Waals surface area contributed by atoms with Gasteiger partial charge in [-0.25, -0.2) is 0 Å². The van der Waals surface area contributed by atoms with E-state index < -0.39 is 0 Å². The second-order valence-electron chi connectivity index (χ2n) is 5.60. The summed E-state index contributed by atoms with van der Waals surface area (Å²) in [7, 11) is 1.60. The number of hydrogen-bond donors (Lipinski definition) is 3. The number of nitrogens with one attached hydrogen (secondary N) is 2. The molecule has 0 aromatic heterocycles. The van der Waals surface area contributed by atoms with Gasteiger partial charge >= 0.3 is 0 Å². The number of aliphatic hydroxyl groups excluding tert-OH is 1. The third-order valence-corrected chi connectivity index (χ3v) is 3.83. The maximum absolute atomic E-state index is 11.9. The lowest BCUT2D eigenvalue weighted by Gasteiger charge is -2.25. The minimum atomic E-state index is -0.170. The summed E-state index contributed by atoms with van der Waals surface area (Å²) in [6.07, 6.45) is 3.78. The Balaban J connectivity index is 1.69. The van der Waals surface area contributed by atoms with E-state index in [1.807, 2.05) is 18.2 Å². The van der Waals surface area contributed by atoms with Crippen LogP contribution in [0.2, 0.25) is 0 Å². The smallest absolute Gasteiger partial charge is 0.238 e. The van der Waals surface area contributed by atoms with Crippen molar-refractivity contribution in [3.05, 3.63) is 24.3 Å². The van der Waals surface area contributed by atoms with Crippen molar-refractivity contribution in [2.45, 2.75) is 31.8 Å². The minimum Gasteiger partial charge on any atom is -0.497 e. The number of carbonyl (C=O) groups excluding carboxylic acids is 1. The number of amides is 1. The second-order valence-corrected chi connectivity index (χ2v) is 5.60. The van der Waals surface area contributed by atoms with E-state index in [1.54, 1.807) is 13.2 Å². The molecule has 1 aromatic carbocycles. The fraction of sp³-hybridized carbons (Fsp3) is 0.562. The lowest BCUT2D eigenvalue weighted by molar-refractivity contribution is -0.115. The SMILES string of the molecule is COc1cccc(NC(=O)CNCC2CCCC(O)C2)c1. The van der Waals surface area contributed by atoms with Gasteiger partial charge in [0.2, 0.25) is 5.91 Å². The monoisotopic (exact) mass is 292 g/mol. The number of ether oxygens (including phenoxy) is 1. The van der Waals surface area contributed by atoms with Crippen molar-refractivity contribution in [2.75, 3.05) is 25.5 Å². The molecule has 0 bridgehead atoms. The van der Waals surface area contributed by atoms with Gasteiger partial charge in [0, 0.05) is 11.8 Å². The highest BCUT2D eigenvalue weighted by atomic mass is 16.5. The first-order valence-corrected chi connectivity index (χ1v) is 7.50. The van der Waals surface area contributed by atoms with Gasteiger partial charge in [-0.05, 0) is 43.9 Å². The summed E-state index contributed by atoms with van der Waals surface area (Å²) in [6.45, 7) is 1.06. The third kappa shape index (κ3) is 5.36. The molecule has 1 aliphatic carbocycles. The quantitative estimate of drug-likeness (QED) is 0.747. The van der Waals surface area contributed by atoms with Gasteiger partial charge in [0.15, 0.2) is 0 Å². The van der Waals surface area contributed by atoms with Gasteiger partial charge in [0.1, 0.15) is 5.75 Å². The number of carbonyl (C=O) groups is 1. The average Bonchev–Trinajstić information content (AvgIpc) is 2.47. The molecule has 1 amide bonds. The van der Waals surface area contributed by atoms with Crippen LogP contribution in [0.3, 0.4) is 0 Å². The summed E-state index contributed by atoms with van der Waals surface area (Å²) < 4.78 is 5.12. The van der Waals surface area contributed by atoms with E-state index in [9.17, 15) is 9.90 Å². The largest absolute Gasteiger partial charge is 0.497 e. The molecule has 0 aliphatic heterocycles. The Morgan fingerprint density at radius 3 is 3.05 bits per heavy atom. The molecule has 5 nitrogen and oxygen atoms in total. The van der Waals surface area contributed by atoms with Crippen LogP contribution in [-0.4, -0.2) is 37.3 Å². The summed E-state index contributed by atoms with van der Waals surface area (Å²) in [5.41, 5.74) is 0.731. The summed E-state index contributed by atoms with van der Waals surface area (Å²) in [4.78, 5) is 11.9. The Labute approximate surface area is 125 Å². The maximum Gasteiger partial charge on any atom is 0.238 e. The van der Waals surface area contributed by atoms with Crippen molar-refractivity contribution in [2.24, 2.45) is 5.92 Å². The number of rotatable bonds is 6. The van der Waals surface area contributed by atoms with Gasteiger partial charge < -0.3 is 20.5 Å². The van der Waals surface area contributed by atoms with Crippen molar-refractivity contribution in [3.63, 3.8) is 0 Å². The highest BCUT2D eigenvalue weighted by Gasteiger charge is 2.19. The van der Waals surface area contributed by atoms with Crippen molar-refractivity contribution in [3.8, 4) is 5.75 Å². The van der Waals surface area contributed by atoms with Crippen LogP contribution in [-0.2, 0) is 4.79 Å². The normalized spacial score (nSPS) is 21.8. The Morgan fingerprint density at radius 1 is 1.43 bits per heavy atom. The van der Waals surface area contributed by atoms with Crippen LogP contribution in [0, 0.1) is 5.92 Å². The first kappa shape index (κ1) is 15.8. The molecule has 1 saturated carbocycles. The fourth-order valence-electron chi connectivity index (χ4n) is 2.74. The van der Waals surface area contributed by atoms with Gasteiger partial charge in [0.25, 0.3) is 0 Å². The van der Waals surface area contributed by atoms with E-state index in [1.165, 1.54) is 0 Å². The number of aliphatic hydroxyl groups is 1. The van der Waals surface area contributed by atoms with Gasteiger partial charge in [0.05, 0.1) is 19.8 Å². The Hall–Kier alpha value is -1.59. The molecule has 116 valence electrons. The zero-order chi connectivity index (χ0) is 15.1. The molecule has 0 heterocycles. The molecule has 2 atom stereocenters. The molecule has 21 heavy (non-hydrogen) atoms. The maximum atomic E-state index is 11.9. The van der Waals surface area contributed by atoms with E-state index in [0.29, 0.717) is 5.92 Å². The zero-order valence-electron chi connectivity index (χ0n) is 12.5. The summed E-state index contributed by atoms with van der Waals surface area (Å²) in [5, 5.41) is 15.6. The van der Waals surface area contributed by atoms with Crippen LogP contribution >= 0.6 is 0 Å². The van der Waals surface area contributed by atoms with Crippen LogP contribution in [0.15, 0.2) is 24.3 Å². The summed E-state index contributed by atoms with van der Waals surface area (Å²) in [6, 6.07) is 7.29. The lowest BCUT2D eigenvalue weighted by Crippen LogP contribution is -2.34. The first-order chi connectivity index (χ1) is 10.2. The van der Waals surface area contributed by atoms with Crippen molar-refractivity contribution in [1.82, 2.24) is 5.32 Å². The first-order valence-electron chi connectivity index (χ1n) is 7.50. The molecule has 2 unspecified atom stereocenters. The molecule has 0 spiro atoms. The highest BCUT2D eigenvalue weighted by molar-refractivity contribution is 5.92. The average molecular weight is 292 g/mol. The third-order valence-electron chi connectivity index (χ3n) is 3.83.